The van der Waals surface area contributed by atoms with Crippen molar-refractivity contribution in [2.24, 2.45) is 0 Å². The van der Waals surface area contributed by atoms with E-state index >= 15 is 0 Å². The van der Waals surface area contributed by atoms with Crippen molar-refractivity contribution in [1.82, 2.24) is 14.9 Å². The van der Waals surface area contributed by atoms with E-state index in [1.807, 2.05) is 20.2 Å². The molecular formula is C18H22F3N5. The van der Waals surface area contributed by atoms with Crippen molar-refractivity contribution in [2.45, 2.75) is 24.9 Å². The second kappa shape index (κ2) is 7.49. The lowest BCUT2D eigenvalue weighted by molar-refractivity contribution is -0.137. The molecule has 5 nitrogen and oxygen atoms in total. The van der Waals surface area contributed by atoms with Crippen LogP contribution < -0.4 is 10.6 Å². The molecule has 1 saturated carbocycles. The molecule has 0 spiro atoms. The van der Waals surface area contributed by atoms with Gasteiger partial charge in [0.15, 0.2) is 0 Å². The number of likely N-dealkylation sites (N-methyl/N-ethyl adjacent to an activating group) is 1. The van der Waals surface area contributed by atoms with E-state index in [0.717, 1.165) is 37.2 Å². The first kappa shape index (κ1) is 18.4. The number of hydrogen-bond donors (Lipinski definition) is 2. The summed E-state index contributed by atoms with van der Waals surface area (Å²) >= 11 is 0. The molecule has 1 aromatic carbocycles. The van der Waals surface area contributed by atoms with Crippen LogP contribution in [0.25, 0.3) is 0 Å². The average molecular weight is 365 g/mol. The van der Waals surface area contributed by atoms with E-state index in [-0.39, 0.29) is 0 Å². The molecule has 8 heteroatoms. The summed E-state index contributed by atoms with van der Waals surface area (Å²) in [7, 11) is 3.97. The molecule has 0 atom stereocenters. The van der Waals surface area contributed by atoms with Crippen LogP contribution >= 0.6 is 0 Å². The van der Waals surface area contributed by atoms with Gasteiger partial charge in [-0.05, 0) is 51.2 Å². The van der Waals surface area contributed by atoms with Gasteiger partial charge in [0.1, 0.15) is 5.82 Å². The maximum atomic E-state index is 12.7. The molecule has 140 valence electrons. The second-order valence-corrected chi connectivity index (χ2v) is 6.71. The van der Waals surface area contributed by atoms with Gasteiger partial charge in [0.2, 0.25) is 5.95 Å². The minimum atomic E-state index is -4.34. The van der Waals surface area contributed by atoms with Crippen molar-refractivity contribution >= 4 is 17.5 Å². The van der Waals surface area contributed by atoms with E-state index in [2.05, 4.69) is 25.5 Å². The third-order valence-corrected chi connectivity index (χ3v) is 4.07. The van der Waals surface area contributed by atoms with Gasteiger partial charge in [0.05, 0.1) is 11.3 Å². The average Bonchev–Trinajstić information content (AvgIpc) is 3.39. The first-order chi connectivity index (χ1) is 12.3. The van der Waals surface area contributed by atoms with E-state index in [1.54, 1.807) is 0 Å². The Balaban J connectivity index is 1.74. The zero-order valence-corrected chi connectivity index (χ0v) is 14.8. The van der Waals surface area contributed by atoms with Crippen molar-refractivity contribution in [3.8, 4) is 0 Å². The molecule has 0 amide bonds. The minimum absolute atomic E-state index is 0.445. The largest absolute Gasteiger partial charge is 0.416 e. The van der Waals surface area contributed by atoms with Crippen LogP contribution in [0.2, 0.25) is 0 Å². The van der Waals surface area contributed by atoms with E-state index < -0.39 is 11.7 Å². The van der Waals surface area contributed by atoms with Crippen LogP contribution in [-0.4, -0.2) is 42.1 Å². The molecule has 0 bridgehead atoms. The van der Waals surface area contributed by atoms with Gasteiger partial charge in [0, 0.05) is 30.8 Å². The number of rotatable bonds is 7. The van der Waals surface area contributed by atoms with Gasteiger partial charge in [-0.2, -0.15) is 18.2 Å². The molecule has 0 unspecified atom stereocenters. The van der Waals surface area contributed by atoms with Crippen LogP contribution in [-0.2, 0) is 6.18 Å². The fourth-order valence-corrected chi connectivity index (χ4v) is 2.48. The minimum Gasteiger partial charge on any atom is -0.353 e. The fraction of sp³-hybridized carbons (Fsp3) is 0.444. The number of nitrogens with zero attached hydrogens (tertiary/aromatic N) is 3. The molecule has 1 heterocycles. The van der Waals surface area contributed by atoms with Gasteiger partial charge in [-0.25, -0.2) is 4.98 Å². The predicted octanol–water partition coefficient (Wildman–Crippen LogP) is 4.09. The standard InChI is InChI=1S/C18H22F3N5/c1-26(2)10-9-22-17-24-15(12-3-4-12)11-16(25-17)23-14-7-5-13(6-8-14)18(19,20)21/h5-8,11-12H,3-4,9-10H2,1-2H3,(H2,22,23,24,25). The van der Waals surface area contributed by atoms with E-state index in [4.69, 9.17) is 0 Å². The number of alkyl halides is 3. The van der Waals surface area contributed by atoms with E-state index in [0.29, 0.717) is 29.9 Å². The molecular weight excluding hydrogens is 343 g/mol. The smallest absolute Gasteiger partial charge is 0.353 e. The first-order valence-electron chi connectivity index (χ1n) is 8.53. The van der Waals surface area contributed by atoms with Gasteiger partial charge >= 0.3 is 6.18 Å². The Morgan fingerprint density at radius 1 is 1.12 bits per heavy atom. The van der Waals surface area contributed by atoms with Gasteiger partial charge < -0.3 is 15.5 Å². The summed E-state index contributed by atoms with van der Waals surface area (Å²) in [5, 5.41) is 6.28. The number of hydrogen-bond acceptors (Lipinski definition) is 5. The Labute approximate surface area is 150 Å². The topological polar surface area (TPSA) is 53.1 Å². The summed E-state index contributed by atoms with van der Waals surface area (Å²) in [5.74, 6) is 1.56. The third-order valence-electron chi connectivity index (χ3n) is 4.07. The van der Waals surface area contributed by atoms with Crippen molar-refractivity contribution in [2.75, 3.05) is 37.8 Å². The molecule has 1 aromatic heterocycles. The molecule has 2 N–H and O–H groups in total. The zero-order chi connectivity index (χ0) is 18.7. The Morgan fingerprint density at radius 2 is 1.81 bits per heavy atom. The maximum absolute atomic E-state index is 12.7. The van der Waals surface area contributed by atoms with Crippen LogP contribution in [0.1, 0.15) is 30.0 Å². The van der Waals surface area contributed by atoms with Crippen molar-refractivity contribution in [1.29, 1.82) is 0 Å². The van der Waals surface area contributed by atoms with E-state index in [1.165, 1.54) is 12.1 Å². The molecule has 1 aliphatic carbocycles. The van der Waals surface area contributed by atoms with Crippen molar-refractivity contribution < 1.29 is 13.2 Å². The Kier molecular flexibility index (Phi) is 5.31. The lowest BCUT2D eigenvalue weighted by Crippen LogP contribution is -2.21. The van der Waals surface area contributed by atoms with Crippen LogP contribution in [0.5, 0.6) is 0 Å². The van der Waals surface area contributed by atoms with Gasteiger partial charge in [0.25, 0.3) is 0 Å². The zero-order valence-electron chi connectivity index (χ0n) is 14.8. The highest BCUT2D eigenvalue weighted by Gasteiger charge is 2.30. The van der Waals surface area contributed by atoms with E-state index in [9.17, 15) is 13.2 Å². The van der Waals surface area contributed by atoms with Crippen molar-refractivity contribution in [3.63, 3.8) is 0 Å². The molecule has 26 heavy (non-hydrogen) atoms. The maximum Gasteiger partial charge on any atom is 0.416 e. The summed E-state index contributed by atoms with van der Waals surface area (Å²) < 4.78 is 38.0. The second-order valence-electron chi connectivity index (χ2n) is 6.71. The predicted molar refractivity (Wildman–Crippen MR) is 95.8 cm³/mol. The summed E-state index contributed by atoms with van der Waals surface area (Å²) in [6.45, 7) is 1.56. The molecule has 3 rings (SSSR count). The highest BCUT2D eigenvalue weighted by atomic mass is 19.4. The number of halogens is 3. The number of anilines is 3. The SMILES string of the molecule is CN(C)CCNc1nc(Nc2ccc(C(F)(F)F)cc2)cc(C2CC2)n1. The van der Waals surface area contributed by atoms with Crippen LogP contribution in [0, 0.1) is 0 Å². The lowest BCUT2D eigenvalue weighted by atomic mass is 10.2. The number of nitrogens with one attached hydrogen (secondary N) is 2. The van der Waals surface area contributed by atoms with Crippen LogP contribution in [0.3, 0.4) is 0 Å². The summed E-state index contributed by atoms with van der Waals surface area (Å²) in [6, 6.07) is 6.79. The molecule has 1 fully saturated rings. The highest BCUT2D eigenvalue weighted by Crippen LogP contribution is 2.40. The fourth-order valence-electron chi connectivity index (χ4n) is 2.48. The van der Waals surface area contributed by atoms with Gasteiger partial charge in [-0.3, -0.25) is 0 Å². The molecule has 0 radical (unpaired) electrons. The quantitative estimate of drug-likeness (QED) is 0.774. The van der Waals surface area contributed by atoms with Crippen molar-refractivity contribution in [3.05, 3.63) is 41.6 Å². The van der Waals surface area contributed by atoms with Crippen LogP contribution in [0.4, 0.5) is 30.6 Å². The molecule has 0 saturated heterocycles. The molecule has 0 aliphatic heterocycles. The summed E-state index contributed by atoms with van der Waals surface area (Å²) in [4.78, 5) is 11.0. The Bertz CT molecular complexity index is 739. The highest BCUT2D eigenvalue weighted by molar-refractivity contribution is 5.58. The first-order valence-corrected chi connectivity index (χ1v) is 8.53. The van der Waals surface area contributed by atoms with Gasteiger partial charge in [-0.1, -0.05) is 0 Å². The monoisotopic (exact) mass is 365 g/mol. The normalized spacial score (nSPS) is 14.5. The van der Waals surface area contributed by atoms with Crippen LogP contribution in [0.15, 0.2) is 30.3 Å². The molecule has 1 aliphatic rings. The Morgan fingerprint density at radius 3 is 2.38 bits per heavy atom. The summed E-state index contributed by atoms with van der Waals surface area (Å²) in [5.41, 5.74) is 0.843. The third kappa shape index (κ3) is 5.08. The molecule has 2 aromatic rings. The lowest BCUT2D eigenvalue weighted by Gasteiger charge is -2.13. The Hall–Kier alpha value is -2.35. The van der Waals surface area contributed by atoms with Gasteiger partial charge in [-0.15, -0.1) is 0 Å². The summed E-state index contributed by atoms with van der Waals surface area (Å²) in [6.07, 6.45) is -2.13. The number of aromatic nitrogens is 2. The number of benzene rings is 1.